The molecule has 4 rings (SSSR count). The molecule has 6 nitrogen and oxygen atoms in total. The Morgan fingerprint density at radius 2 is 2.17 bits per heavy atom. The molecule has 0 saturated heterocycles. The number of ether oxygens (including phenoxy) is 1. The maximum Gasteiger partial charge on any atom is 0.159 e. The van der Waals surface area contributed by atoms with Crippen LogP contribution in [0.25, 0.3) is 10.9 Å². The molecule has 0 amide bonds. The van der Waals surface area contributed by atoms with Gasteiger partial charge in [-0.3, -0.25) is 4.90 Å². The summed E-state index contributed by atoms with van der Waals surface area (Å²) in [5.74, 6) is 1.99. The first-order valence-electron chi connectivity index (χ1n) is 8.45. The average molecular weight is 325 g/mol. The standard InChI is InChI=1S/C18H23N5O/c1-13-10-17-20-21-18(12-24-2)23(17)9-8-22(13)11-14-4-3-5-16-15(14)6-7-19-16/h3-7,13,19H,8-12H2,1-2H3/t13-/m0/s1. The number of aromatic nitrogens is 4. The fourth-order valence-electron chi connectivity index (χ4n) is 3.60. The lowest BCUT2D eigenvalue weighted by molar-refractivity contribution is 0.171. The molecule has 3 heterocycles. The Morgan fingerprint density at radius 3 is 3.04 bits per heavy atom. The van der Waals surface area contributed by atoms with Crippen LogP contribution in [-0.2, 0) is 30.9 Å². The maximum absolute atomic E-state index is 5.24. The highest BCUT2D eigenvalue weighted by atomic mass is 16.5. The molecule has 0 fully saturated rings. The van der Waals surface area contributed by atoms with E-state index < -0.39 is 0 Å². The predicted molar refractivity (Wildman–Crippen MR) is 92.6 cm³/mol. The minimum absolute atomic E-state index is 0.431. The van der Waals surface area contributed by atoms with Crippen molar-refractivity contribution in [2.24, 2.45) is 0 Å². The number of methoxy groups -OCH3 is 1. The second kappa shape index (κ2) is 6.37. The molecule has 0 aliphatic carbocycles. The summed E-state index contributed by atoms with van der Waals surface area (Å²) >= 11 is 0. The lowest BCUT2D eigenvalue weighted by Crippen LogP contribution is -2.34. The molecule has 0 radical (unpaired) electrons. The Hall–Kier alpha value is -2.18. The van der Waals surface area contributed by atoms with Crippen molar-refractivity contribution in [1.82, 2.24) is 24.6 Å². The van der Waals surface area contributed by atoms with Gasteiger partial charge in [0.05, 0.1) is 0 Å². The third kappa shape index (κ3) is 2.72. The quantitative estimate of drug-likeness (QED) is 0.800. The first-order valence-corrected chi connectivity index (χ1v) is 8.45. The van der Waals surface area contributed by atoms with E-state index in [1.54, 1.807) is 7.11 Å². The van der Waals surface area contributed by atoms with Crippen LogP contribution in [0.1, 0.15) is 24.1 Å². The van der Waals surface area contributed by atoms with E-state index in [0.29, 0.717) is 12.6 Å². The normalized spacial score (nSPS) is 18.7. The third-order valence-corrected chi connectivity index (χ3v) is 4.95. The Labute approximate surface area is 141 Å². The van der Waals surface area contributed by atoms with Gasteiger partial charge in [-0.15, -0.1) is 10.2 Å². The van der Waals surface area contributed by atoms with E-state index in [-0.39, 0.29) is 0 Å². The third-order valence-electron chi connectivity index (χ3n) is 4.95. The zero-order chi connectivity index (χ0) is 16.5. The van der Waals surface area contributed by atoms with Crippen molar-refractivity contribution in [2.75, 3.05) is 13.7 Å². The topological polar surface area (TPSA) is 59.0 Å². The van der Waals surface area contributed by atoms with Crippen LogP contribution in [0.5, 0.6) is 0 Å². The van der Waals surface area contributed by atoms with Crippen LogP contribution in [0.2, 0.25) is 0 Å². The monoisotopic (exact) mass is 325 g/mol. The number of nitrogens with zero attached hydrogens (tertiary/aromatic N) is 4. The van der Waals surface area contributed by atoms with E-state index in [2.05, 4.69) is 55.8 Å². The average Bonchev–Trinajstić information content (AvgIpc) is 3.16. The lowest BCUT2D eigenvalue weighted by atomic mass is 10.1. The van der Waals surface area contributed by atoms with Crippen molar-refractivity contribution >= 4 is 10.9 Å². The van der Waals surface area contributed by atoms with Crippen molar-refractivity contribution in [3.63, 3.8) is 0 Å². The summed E-state index contributed by atoms with van der Waals surface area (Å²) in [4.78, 5) is 5.83. The lowest BCUT2D eigenvalue weighted by Gasteiger charge is -2.26. The largest absolute Gasteiger partial charge is 0.377 e. The van der Waals surface area contributed by atoms with Crippen molar-refractivity contribution in [2.45, 2.75) is 39.1 Å². The molecular formula is C18H23N5O. The maximum atomic E-state index is 5.24. The molecule has 0 unspecified atom stereocenters. The van der Waals surface area contributed by atoms with E-state index in [4.69, 9.17) is 4.74 Å². The van der Waals surface area contributed by atoms with Crippen molar-refractivity contribution in [3.8, 4) is 0 Å². The Bertz CT molecular complexity index is 837. The van der Waals surface area contributed by atoms with Crippen LogP contribution in [-0.4, -0.2) is 44.3 Å². The van der Waals surface area contributed by atoms with E-state index in [9.17, 15) is 0 Å². The number of aromatic amines is 1. The zero-order valence-corrected chi connectivity index (χ0v) is 14.2. The van der Waals surface area contributed by atoms with Crippen LogP contribution in [0.3, 0.4) is 0 Å². The molecular weight excluding hydrogens is 302 g/mol. The second-order valence-electron chi connectivity index (χ2n) is 6.50. The van der Waals surface area contributed by atoms with Gasteiger partial charge in [0.25, 0.3) is 0 Å². The molecule has 1 aliphatic heterocycles. The molecule has 1 N–H and O–H groups in total. The molecule has 6 heteroatoms. The van der Waals surface area contributed by atoms with Gasteiger partial charge in [0.15, 0.2) is 5.82 Å². The number of rotatable bonds is 4. The van der Waals surface area contributed by atoms with E-state index in [1.807, 2.05) is 6.20 Å². The molecule has 0 bridgehead atoms. The van der Waals surface area contributed by atoms with Crippen molar-refractivity contribution in [1.29, 1.82) is 0 Å². The summed E-state index contributed by atoms with van der Waals surface area (Å²) in [5, 5.41) is 9.96. The Balaban J connectivity index is 1.56. The van der Waals surface area contributed by atoms with Gasteiger partial charge in [-0.1, -0.05) is 12.1 Å². The molecule has 0 saturated carbocycles. The summed E-state index contributed by atoms with van der Waals surface area (Å²) in [6.07, 6.45) is 2.93. The summed E-state index contributed by atoms with van der Waals surface area (Å²) in [6, 6.07) is 9.08. The molecule has 1 aliphatic rings. The van der Waals surface area contributed by atoms with Crippen LogP contribution in [0, 0.1) is 0 Å². The number of hydrogen-bond acceptors (Lipinski definition) is 4. The number of hydrogen-bond donors (Lipinski definition) is 1. The van der Waals surface area contributed by atoms with Crippen molar-refractivity contribution in [3.05, 3.63) is 47.7 Å². The highest BCUT2D eigenvalue weighted by Crippen LogP contribution is 2.22. The Morgan fingerprint density at radius 1 is 1.25 bits per heavy atom. The molecule has 126 valence electrons. The highest BCUT2D eigenvalue weighted by Gasteiger charge is 2.24. The second-order valence-corrected chi connectivity index (χ2v) is 6.50. The summed E-state index contributed by atoms with van der Waals surface area (Å²) in [6.45, 7) is 5.65. The fraction of sp³-hybridized carbons (Fsp3) is 0.444. The van der Waals surface area contributed by atoms with Gasteiger partial charge in [-0.05, 0) is 24.6 Å². The first-order chi connectivity index (χ1) is 11.8. The molecule has 1 aromatic carbocycles. The summed E-state index contributed by atoms with van der Waals surface area (Å²) in [5.41, 5.74) is 2.57. The molecule has 0 spiro atoms. The highest BCUT2D eigenvalue weighted by molar-refractivity contribution is 5.82. The van der Waals surface area contributed by atoms with Crippen LogP contribution >= 0.6 is 0 Å². The number of fused-ring (bicyclic) bond motifs is 2. The smallest absolute Gasteiger partial charge is 0.159 e. The predicted octanol–water partition coefficient (Wildman–Crippen LogP) is 2.35. The molecule has 1 atom stereocenters. The molecule has 24 heavy (non-hydrogen) atoms. The van der Waals surface area contributed by atoms with Crippen LogP contribution in [0.15, 0.2) is 30.5 Å². The SMILES string of the molecule is COCc1nnc2n1CCN(Cc1cccc3[nH]ccc13)[C@@H](C)C2. The van der Waals surface area contributed by atoms with Crippen molar-refractivity contribution < 1.29 is 4.74 Å². The van der Waals surface area contributed by atoms with Crippen LogP contribution < -0.4 is 0 Å². The van der Waals surface area contributed by atoms with Gasteiger partial charge in [0.1, 0.15) is 12.4 Å². The molecule has 3 aromatic rings. The summed E-state index contributed by atoms with van der Waals surface area (Å²) in [7, 11) is 1.70. The first kappa shape index (κ1) is 15.4. The van der Waals surface area contributed by atoms with Gasteiger partial charge in [0, 0.05) is 56.3 Å². The van der Waals surface area contributed by atoms with Gasteiger partial charge in [0.2, 0.25) is 0 Å². The zero-order valence-electron chi connectivity index (χ0n) is 14.2. The number of H-pyrrole nitrogens is 1. The van der Waals surface area contributed by atoms with Gasteiger partial charge in [-0.2, -0.15) is 0 Å². The summed E-state index contributed by atoms with van der Waals surface area (Å²) < 4.78 is 7.46. The van der Waals surface area contributed by atoms with E-state index in [0.717, 1.165) is 37.7 Å². The minimum Gasteiger partial charge on any atom is -0.377 e. The van der Waals surface area contributed by atoms with Crippen LogP contribution in [0.4, 0.5) is 0 Å². The van der Waals surface area contributed by atoms with Gasteiger partial charge >= 0.3 is 0 Å². The number of nitrogens with one attached hydrogen (secondary N) is 1. The van der Waals surface area contributed by atoms with Gasteiger partial charge in [-0.25, -0.2) is 0 Å². The Kier molecular flexibility index (Phi) is 4.08. The van der Waals surface area contributed by atoms with E-state index >= 15 is 0 Å². The van der Waals surface area contributed by atoms with E-state index in [1.165, 1.54) is 16.5 Å². The fourth-order valence-corrected chi connectivity index (χ4v) is 3.60. The van der Waals surface area contributed by atoms with Gasteiger partial charge < -0.3 is 14.3 Å². The number of benzene rings is 1. The minimum atomic E-state index is 0.431. The molecule has 2 aromatic heterocycles.